The van der Waals surface area contributed by atoms with E-state index in [1.54, 1.807) is 17.0 Å². The third-order valence-electron chi connectivity index (χ3n) is 3.48. The number of nitrogens with one attached hydrogen (secondary N) is 1. The molecule has 0 unspecified atom stereocenters. The molecule has 0 aromatic heterocycles. The zero-order valence-corrected chi connectivity index (χ0v) is 15.2. The van der Waals surface area contributed by atoms with Crippen LogP contribution in [0.5, 0.6) is 0 Å². The second kappa shape index (κ2) is 7.88. The molecule has 0 aliphatic carbocycles. The van der Waals surface area contributed by atoms with Crippen molar-refractivity contribution in [3.8, 4) is 0 Å². The number of hydrogen-bond donors (Lipinski definition) is 1. The van der Waals surface area contributed by atoms with Gasteiger partial charge in [-0.3, -0.25) is 10.1 Å². The van der Waals surface area contributed by atoms with Crippen LogP contribution in [0.15, 0.2) is 18.2 Å². The van der Waals surface area contributed by atoms with Gasteiger partial charge in [0.15, 0.2) is 0 Å². The first-order chi connectivity index (χ1) is 11.7. The lowest BCUT2D eigenvalue weighted by molar-refractivity contribution is -0.383. The molecule has 0 saturated carbocycles. The summed E-state index contributed by atoms with van der Waals surface area (Å²) < 4.78 is 11.0. The number of morpholine rings is 1. The lowest BCUT2D eigenvalue weighted by Crippen LogP contribution is -2.49. The Labute approximate surface area is 151 Å². The number of anilines is 1. The van der Waals surface area contributed by atoms with Crippen LogP contribution < -0.4 is 5.32 Å². The molecule has 2 rings (SSSR count). The number of carbonyl (C=O) groups excluding carboxylic acids is 1. The smallest absolute Gasteiger partial charge is 0.410 e. The topological polar surface area (TPSA) is 93.9 Å². The molecule has 1 aliphatic rings. The molecule has 1 aliphatic heterocycles. The molecular weight excluding hydrogens is 350 g/mol. The monoisotopic (exact) mass is 371 g/mol. The minimum atomic E-state index is -0.565. The van der Waals surface area contributed by atoms with Gasteiger partial charge in [0.25, 0.3) is 0 Å². The van der Waals surface area contributed by atoms with Crippen LogP contribution in [0, 0.1) is 10.1 Å². The van der Waals surface area contributed by atoms with E-state index in [4.69, 9.17) is 21.1 Å². The molecule has 0 radical (unpaired) electrons. The summed E-state index contributed by atoms with van der Waals surface area (Å²) in [6.07, 6.45) is -0.700. The SMILES string of the molecule is CC(C)(C)OC(=O)N1CCO[C@H](CNc2cccc(Cl)c2[N+](=O)[O-])C1. The van der Waals surface area contributed by atoms with E-state index in [2.05, 4.69) is 5.32 Å². The number of hydrogen-bond acceptors (Lipinski definition) is 6. The second-order valence-electron chi connectivity index (χ2n) is 6.69. The molecule has 1 atom stereocenters. The number of nitro benzene ring substituents is 1. The molecule has 1 amide bonds. The number of para-hydroxylation sites is 1. The first-order valence-electron chi connectivity index (χ1n) is 7.93. The Balaban J connectivity index is 1.97. The number of rotatable bonds is 4. The molecule has 0 bridgehead atoms. The highest BCUT2D eigenvalue weighted by molar-refractivity contribution is 6.33. The molecule has 1 heterocycles. The van der Waals surface area contributed by atoms with Crippen LogP contribution in [0.2, 0.25) is 5.02 Å². The van der Waals surface area contributed by atoms with Gasteiger partial charge in [-0.05, 0) is 32.9 Å². The summed E-state index contributed by atoms with van der Waals surface area (Å²) in [6.45, 7) is 6.90. The van der Waals surface area contributed by atoms with E-state index >= 15 is 0 Å². The highest BCUT2D eigenvalue weighted by Gasteiger charge is 2.28. The Hall–Kier alpha value is -2.06. The van der Waals surface area contributed by atoms with Crippen molar-refractivity contribution in [3.63, 3.8) is 0 Å². The Kier molecular flexibility index (Phi) is 6.07. The fraction of sp³-hybridized carbons (Fsp3) is 0.562. The van der Waals surface area contributed by atoms with Crippen molar-refractivity contribution in [1.82, 2.24) is 4.90 Å². The largest absolute Gasteiger partial charge is 0.444 e. The molecule has 0 spiro atoms. The van der Waals surface area contributed by atoms with Gasteiger partial charge in [0.2, 0.25) is 0 Å². The predicted molar refractivity (Wildman–Crippen MR) is 94.1 cm³/mol. The normalized spacial score (nSPS) is 17.9. The number of benzene rings is 1. The summed E-state index contributed by atoms with van der Waals surface area (Å²) in [7, 11) is 0. The van der Waals surface area contributed by atoms with Crippen molar-refractivity contribution in [2.45, 2.75) is 32.5 Å². The number of nitrogens with zero attached hydrogens (tertiary/aromatic N) is 2. The quantitative estimate of drug-likeness (QED) is 0.644. The Morgan fingerprint density at radius 1 is 1.52 bits per heavy atom. The number of carbonyl (C=O) groups is 1. The summed E-state index contributed by atoms with van der Waals surface area (Å²) in [6, 6.07) is 4.68. The van der Waals surface area contributed by atoms with Crippen LogP contribution in [0.3, 0.4) is 0 Å². The van der Waals surface area contributed by atoms with Crippen LogP contribution in [-0.2, 0) is 9.47 Å². The van der Waals surface area contributed by atoms with Gasteiger partial charge in [0, 0.05) is 13.1 Å². The van der Waals surface area contributed by atoms with Crippen LogP contribution in [-0.4, -0.2) is 53.9 Å². The Bertz CT molecular complexity index is 647. The average Bonchev–Trinajstić information content (AvgIpc) is 2.51. The van der Waals surface area contributed by atoms with Crippen molar-refractivity contribution < 1.29 is 19.2 Å². The molecular formula is C16H22ClN3O5. The number of halogens is 1. The fourth-order valence-corrected chi connectivity index (χ4v) is 2.65. The maximum absolute atomic E-state index is 12.1. The number of ether oxygens (including phenoxy) is 2. The third kappa shape index (κ3) is 5.47. The zero-order valence-electron chi connectivity index (χ0n) is 14.5. The van der Waals surface area contributed by atoms with Gasteiger partial charge >= 0.3 is 11.8 Å². The van der Waals surface area contributed by atoms with E-state index in [0.717, 1.165) is 0 Å². The van der Waals surface area contributed by atoms with Crippen molar-refractivity contribution in [2.75, 3.05) is 31.6 Å². The minimum Gasteiger partial charge on any atom is -0.444 e. The van der Waals surface area contributed by atoms with Gasteiger partial charge in [-0.1, -0.05) is 17.7 Å². The van der Waals surface area contributed by atoms with Gasteiger partial charge in [-0.15, -0.1) is 0 Å². The fourth-order valence-electron chi connectivity index (χ4n) is 2.40. The predicted octanol–water partition coefficient (Wildman–Crippen LogP) is 3.30. The van der Waals surface area contributed by atoms with Crippen molar-refractivity contribution in [2.24, 2.45) is 0 Å². The van der Waals surface area contributed by atoms with Crippen molar-refractivity contribution in [3.05, 3.63) is 33.3 Å². The van der Waals surface area contributed by atoms with Gasteiger partial charge in [0.1, 0.15) is 16.3 Å². The Morgan fingerprint density at radius 3 is 2.88 bits per heavy atom. The zero-order chi connectivity index (χ0) is 18.6. The maximum Gasteiger partial charge on any atom is 0.410 e. The van der Waals surface area contributed by atoms with E-state index in [9.17, 15) is 14.9 Å². The highest BCUT2D eigenvalue weighted by Crippen LogP contribution is 2.32. The van der Waals surface area contributed by atoms with E-state index < -0.39 is 16.6 Å². The van der Waals surface area contributed by atoms with E-state index in [-0.39, 0.29) is 16.8 Å². The summed E-state index contributed by atoms with van der Waals surface area (Å²) in [5.74, 6) is 0. The average molecular weight is 372 g/mol. The molecule has 1 aromatic rings. The summed E-state index contributed by atoms with van der Waals surface area (Å²) in [5, 5.41) is 14.2. The first-order valence-corrected chi connectivity index (χ1v) is 8.31. The molecule has 138 valence electrons. The van der Waals surface area contributed by atoms with Crippen LogP contribution >= 0.6 is 11.6 Å². The number of nitro groups is 1. The van der Waals surface area contributed by atoms with Crippen LogP contribution in [0.4, 0.5) is 16.2 Å². The van der Waals surface area contributed by atoms with E-state index in [1.165, 1.54) is 6.07 Å². The van der Waals surface area contributed by atoms with E-state index in [1.807, 2.05) is 20.8 Å². The maximum atomic E-state index is 12.1. The van der Waals surface area contributed by atoms with Crippen molar-refractivity contribution in [1.29, 1.82) is 0 Å². The molecule has 1 N–H and O–H groups in total. The molecule has 25 heavy (non-hydrogen) atoms. The molecule has 1 fully saturated rings. The van der Waals surface area contributed by atoms with Crippen molar-refractivity contribution >= 4 is 29.1 Å². The standard InChI is InChI=1S/C16H22ClN3O5/c1-16(2,3)25-15(21)19-7-8-24-11(10-19)9-18-13-6-4-5-12(17)14(13)20(22)23/h4-6,11,18H,7-10H2,1-3H3/t11-/m1/s1. The highest BCUT2D eigenvalue weighted by atomic mass is 35.5. The Morgan fingerprint density at radius 2 is 2.24 bits per heavy atom. The molecule has 1 saturated heterocycles. The first kappa shape index (κ1) is 19.3. The summed E-state index contributed by atoms with van der Waals surface area (Å²) >= 11 is 5.89. The molecule has 8 nitrogen and oxygen atoms in total. The minimum absolute atomic E-state index is 0.0648. The molecule has 1 aromatic carbocycles. The van der Waals surface area contributed by atoms with Gasteiger partial charge in [-0.2, -0.15) is 0 Å². The van der Waals surface area contributed by atoms with Crippen LogP contribution in [0.1, 0.15) is 20.8 Å². The lowest BCUT2D eigenvalue weighted by Gasteiger charge is -2.34. The third-order valence-corrected chi connectivity index (χ3v) is 3.79. The van der Waals surface area contributed by atoms with Gasteiger partial charge in [-0.25, -0.2) is 4.79 Å². The number of amides is 1. The summed E-state index contributed by atoms with van der Waals surface area (Å²) in [4.78, 5) is 24.3. The van der Waals surface area contributed by atoms with Gasteiger partial charge < -0.3 is 19.7 Å². The van der Waals surface area contributed by atoms with E-state index in [0.29, 0.717) is 31.9 Å². The lowest BCUT2D eigenvalue weighted by atomic mass is 10.2. The molecule has 9 heteroatoms. The second-order valence-corrected chi connectivity index (χ2v) is 7.10. The summed E-state index contributed by atoms with van der Waals surface area (Å²) in [5.41, 5.74) is -0.427. The van der Waals surface area contributed by atoms with Crippen LogP contribution in [0.25, 0.3) is 0 Å². The van der Waals surface area contributed by atoms with Gasteiger partial charge in [0.05, 0.1) is 24.2 Å².